The van der Waals surface area contributed by atoms with E-state index in [1.165, 1.54) is 5.69 Å². The maximum absolute atomic E-state index is 5.67. The van der Waals surface area contributed by atoms with Crippen molar-refractivity contribution in [3.05, 3.63) is 22.3 Å². The van der Waals surface area contributed by atoms with Gasteiger partial charge in [-0.05, 0) is 25.0 Å². The third-order valence-corrected chi connectivity index (χ3v) is 2.95. The molecule has 1 aromatic heterocycles. The molecule has 0 radical (unpaired) electrons. The van der Waals surface area contributed by atoms with Gasteiger partial charge < -0.3 is 4.74 Å². The topological polar surface area (TPSA) is 37.9 Å². The Balaban J connectivity index is 0.000000457. The van der Waals surface area contributed by atoms with E-state index in [2.05, 4.69) is 26.1 Å². The van der Waals surface area contributed by atoms with Crippen LogP contribution in [-0.2, 0) is 6.42 Å². The average molecular weight is 283 g/mol. The first-order chi connectivity index (χ1) is 7.84. The molecule has 0 saturated carbocycles. The molecule has 2 aromatic rings. The molecule has 0 amide bonds. The second kappa shape index (κ2) is 4.87. The number of nitrogens with zero attached hydrogens (tertiary/aromatic N) is 1. The quantitative estimate of drug-likeness (QED) is 0.801. The molecule has 0 saturated heterocycles. The van der Waals surface area contributed by atoms with Gasteiger partial charge in [0.1, 0.15) is 5.75 Å². The molecule has 0 aliphatic carbocycles. The van der Waals surface area contributed by atoms with Gasteiger partial charge in [0.15, 0.2) is 0 Å². The highest BCUT2D eigenvalue weighted by Gasteiger charge is 2.15. The number of aryl methyl sites for hydroxylation is 1. The number of ether oxygens (including phenoxy) is 1. The average Bonchev–Trinajstić information content (AvgIpc) is 2.58. The lowest BCUT2D eigenvalue weighted by Gasteiger charge is -2.03. The van der Waals surface area contributed by atoms with Crippen molar-refractivity contribution in [3.8, 4) is 5.75 Å². The van der Waals surface area contributed by atoms with Crippen LogP contribution in [0.5, 0.6) is 5.75 Å². The van der Waals surface area contributed by atoms with Crippen molar-refractivity contribution in [1.29, 1.82) is 0 Å². The molecule has 86 valence electrons. The highest BCUT2D eigenvalue weighted by Crippen LogP contribution is 2.33. The molecule has 1 aliphatic heterocycles. The Morgan fingerprint density at radius 1 is 1.38 bits per heavy atom. The molecule has 1 aromatic carbocycles. The number of hydrogen-bond donors (Lipinski definition) is 1. The van der Waals surface area contributed by atoms with Crippen molar-refractivity contribution in [2.75, 3.05) is 6.61 Å². The van der Waals surface area contributed by atoms with Crippen molar-refractivity contribution in [2.45, 2.75) is 26.7 Å². The first-order valence-corrected chi connectivity index (χ1v) is 6.43. The van der Waals surface area contributed by atoms with E-state index >= 15 is 0 Å². The van der Waals surface area contributed by atoms with Crippen LogP contribution in [0.1, 0.15) is 26.0 Å². The molecule has 0 spiro atoms. The van der Waals surface area contributed by atoms with Crippen LogP contribution in [0.25, 0.3) is 10.9 Å². The van der Waals surface area contributed by atoms with Gasteiger partial charge in [-0.3, -0.25) is 5.10 Å². The monoisotopic (exact) mass is 282 g/mol. The van der Waals surface area contributed by atoms with Crippen molar-refractivity contribution < 1.29 is 4.74 Å². The number of H-pyrrole nitrogens is 1. The summed E-state index contributed by atoms with van der Waals surface area (Å²) in [4.78, 5) is 0. The van der Waals surface area contributed by atoms with Gasteiger partial charge in [0.2, 0.25) is 0 Å². The van der Waals surface area contributed by atoms with E-state index in [1.54, 1.807) is 0 Å². The maximum Gasteiger partial charge on any atom is 0.131 e. The summed E-state index contributed by atoms with van der Waals surface area (Å²) < 4.78 is 6.68. The van der Waals surface area contributed by atoms with Crippen molar-refractivity contribution >= 4 is 26.8 Å². The third kappa shape index (κ3) is 1.94. The van der Waals surface area contributed by atoms with Crippen LogP contribution in [0.3, 0.4) is 0 Å². The van der Waals surface area contributed by atoms with Crippen LogP contribution in [-0.4, -0.2) is 16.8 Å². The smallest absolute Gasteiger partial charge is 0.131 e. The first-order valence-electron chi connectivity index (χ1n) is 5.64. The summed E-state index contributed by atoms with van der Waals surface area (Å²) in [7, 11) is 0. The Labute approximate surface area is 103 Å². The Bertz CT molecular complexity index is 493. The lowest BCUT2D eigenvalue weighted by atomic mass is 10.1. The van der Waals surface area contributed by atoms with Crippen molar-refractivity contribution in [1.82, 2.24) is 10.2 Å². The third-order valence-electron chi connectivity index (χ3n) is 2.49. The summed E-state index contributed by atoms with van der Waals surface area (Å²) in [6, 6.07) is 4.01. The van der Waals surface area contributed by atoms with E-state index in [0.29, 0.717) is 0 Å². The Kier molecular flexibility index (Phi) is 3.49. The van der Waals surface area contributed by atoms with Gasteiger partial charge in [-0.25, -0.2) is 0 Å². The van der Waals surface area contributed by atoms with Crippen LogP contribution < -0.4 is 4.74 Å². The zero-order valence-corrected chi connectivity index (χ0v) is 11.1. The van der Waals surface area contributed by atoms with E-state index in [0.717, 1.165) is 40.6 Å². The number of hydrogen-bond acceptors (Lipinski definition) is 2. The summed E-state index contributed by atoms with van der Waals surface area (Å²) in [6.45, 7) is 4.79. The summed E-state index contributed by atoms with van der Waals surface area (Å²) >= 11 is 3.45. The zero-order valence-electron chi connectivity index (χ0n) is 9.51. The summed E-state index contributed by atoms with van der Waals surface area (Å²) in [5.74, 6) is 0.940. The van der Waals surface area contributed by atoms with Crippen molar-refractivity contribution in [3.63, 3.8) is 0 Å². The van der Waals surface area contributed by atoms with Crippen LogP contribution in [0.2, 0.25) is 0 Å². The fourth-order valence-corrected chi connectivity index (χ4v) is 2.29. The van der Waals surface area contributed by atoms with Gasteiger partial charge >= 0.3 is 0 Å². The molecule has 0 unspecified atom stereocenters. The van der Waals surface area contributed by atoms with E-state index < -0.39 is 0 Å². The van der Waals surface area contributed by atoms with Gasteiger partial charge in [0, 0.05) is 10.2 Å². The molecule has 1 aliphatic rings. The van der Waals surface area contributed by atoms with Crippen LogP contribution in [0.15, 0.2) is 16.6 Å². The van der Waals surface area contributed by atoms with Crippen LogP contribution >= 0.6 is 15.9 Å². The Morgan fingerprint density at radius 3 is 3.00 bits per heavy atom. The summed E-state index contributed by atoms with van der Waals surface area (Å²) in [5.41, 5.74) is 2.17. The minimum Gasteiger partial charge on any atom is -0.493 e. The second-order valence-corrected chi connectivity index (χ2v) is 4.37. The van der Waals surface area contributed by atoms with E-state index in [-0.39, 0.29) is 0 Å². The Hall–Kier alpha value is -1.03. The predicted octanol–water partition coefficient (Wildman–Crippen LogP) is 3.68. The molecular weight excluding hydrogens is 268 g/mol. The molecular formula is C12H15BrN2O. The minimum atomic E-state index is 0.786. The molecule has 1 N–H and O–H groups in total. The lowest BCUT2D eigenvalue weighted by Crippen LogP contribution is -1.95. The number of rotatable bonds is 0. The lowest BCUT2D eigenvalue weighted by molar-refractivity contribution is 0.319. The molecule has 0 atom stereocenters. The van der Waals surface area contributed by atoms with Crippen LogP contribution in [0, 0.1) is 0 Å². The maximum atomic E-state index is 5.67. The normalized spacial score (nSPS) is 13.7. The molecule has 0 fully saturated rings. The molecule has 3 rings (SSSR count). The SMILES string of the molecule is Brc1cc2c3c([nH]nc3c1)CCCO2.CC. The molecule has 16 heavy (non-hydrogen) atoms. The molecule has 0 bridgehead atoms. The predicted molar refractivity (Wildman–Crippen MR) is 69.0 cm³/mol. The number of aromatic amines is 1. The molecule has 2 heterocycles. The highest BCUT2D eigenvalue weighted by molar-refractivity contribution is 9.10. The number of halogens is 1. The first kappa shape index (κ1) is 11.5. The van der Waals surface area contributed by atoms with E-state index in [4.69, 9.17) is 4.74 Å². The second-order valence-electron chi connectivity index (χ2n) is 3.45. The fourth-order valence-electron chi connectivity index (χ4n) is 1.87. The number of nitrogens with one attached hydrogen (secondary N) is 1. The molecule has 4 heteroatoms. The van der Waals surface area contributed by atoms with Gasteiger partial charge in [-0.1, -0.05) is 29.8 Å². The largest absolute Gasteiger partial charge is 0.493 e. The van der Waals surface area contributed by atoms with E-state index in [1.807, 2.05) is 26.0 Å². The zero-order chi connectivity index (χ0) is 11.5. The van der Waals surface area contributed by atoms with Crippen molar-refractivity contribution in [2.24, 2.45) is 0 Å². The fraction of sp³-hybridized carbons (Fsp3) is 0.417. The van der Waals surface area contributed by atoms with Gasteiger partial charge in [0.05, 0.1) is 17.5 Å². The summed E-state index contributed by atoms with van der Waals surface area (Å²) in [5, 5.41) is 8.47. The number of aromatic nitrogens is 2. The van der Waals surface area contributed by atoms with Gasteiger partial charge in [-0.15, -0.1) is 0 Å². The standard InChI is InChI=1S/C10H9BrN2O.C2H6/c11-6-4-8-10-7(12-13-8)2-1-3-14-9(10)5-6;1-2/h4-5H,1-3H2,(H,12,13);1-2H3. The number of benzene rings is 1. The minimum absolute atomic E-state index is 0.786. The molecule has 3 nitrogen and oxygen atoms in total. The van der Waals surface area contributed by atoms with Gasteiger partial charge in [0.25, 0.3) is 0 Å². The summed E-state index contributed by atoms with van der Waals surface area (Å²) in [6.07, 6.45) is 2.06. The Morgan fingerprint density at radius 2 is 2.19 bits per heavy atom. The van der Waals surface area contributed by atoms with E-state index in [9.17, 15) is 0 Å². The highest BCUT2D eigenvalue weighted by atomic mass is 79.9. The van der Waals surface area contributed by atoms with Crippen LogP contribution in [0.4, 0.5) is 0 Å². The van der Waals surface area contributed by atoms with Gasteiger partial charge in [-0.2, -0.15) is 5.10 Å².